The van der Waals surface area contributed by atoms with Crippen molar-refractivity contribution >= 4 is 34.9 Å². The van der Waals surface area contributed by atoms with E-state index in [0.717, 1.165) is 55.7 Å². The molecule has 1 heterocycles. The average molecular weight is 409 g/mol. The molecular formula is C21H29ClN2O2S. The van der Waals surface area contributed by atoms with Gasteiger partial charge in [-0.05, 0) is 62.4 Å². The molecule has 0 radical (unpaired) electrons. The summed E-state index contributed by atoms with van der Waals surface area (Å²) >= 11 is 11.7. The molecule has 1 aliphatic carbocycles. The zero-order valence-corrected chi connectivity index (χ0v) is 17.4. The van der Waals surface area contributed by atoms with E-state index < -0.39 is 0 Å². The highest BCUT2D eigenvalue weighted by molar-refractivity contribution is 7.80. The number of aryl methyl sites for hydroxylation is 1. The van der Waals surface area contributed by atoms with Gasteiger partial charge in [0.2, 0.25) is 0 Å². The van der Waals surface area contributed by atoms with Crippen LogP contribution in [-0.2, 0) is 11.2 Å². The molecule has 2 amide bonds. The molecule has 1 N–H and O–H groups in total. The largest absolute Gasteiger partial charge is 0.485 e. The number of carbonyl (C=O) groups excluding carboxylic acids is 1. The molecule has 0 bridgehead atoms. The fourth-order valence-electron chi connectivity index (χ4n) is 3.99. The molecule has 1 saturated carbocycles. The lowest BCUT2D eigenvalue weighted by Gasteiger charge is -2.29. The maximum atomic E-state index is 12.7. The summed E-state index contributed by atoms with van der Waals surface area (Å²) in [5.74, 6) is 0. The number of likely N-dealkylation sites (tertiary alicyclic amines) is 1. The van der Waals surface area contributed by atoms with Crippen molar-refractivity contribution in [2.24, 2.45) is 0 Å². The molecule has 6 heteroatoms. The number of nitrogens with zero attached hydrogens (tertiary/aromatic N) is 1. The van der Waals surface area contributed by atoms with Gasteiger partial charge in [-0.1, -0.05) is 49.1 Å². The molecule has 2 aliphatic rings. The van der Waals surface area contributed by atoms with E-state index in [1.54, 1.807) is 0 Å². The number of benzene rings is 1. The Hall–Kier alpha value is -1.33. The topological polar surface area (TPSA) is 41.6 Å². The predicted molar refractivity (Wildman–Crippen MR) is 113 cm³/mol. The van der Waals surface area contributed by atoms with Crippen LogP contribution in [0.5, 0.6) is 0 Å². The average Bonchev–Trinajstić information content (AvgIpc) is 3.17. The molecule has 0 aromatic heterocycles. The van der Waals surface area contributed by atoms with Crippen LogP contribution in [0.4, 0.5) is 4.79 Å². The Morgan fingerprint density at radius 1 is 1.19 bits per heavy atom. The normalized spacial score (nSPS) is 20.5. The SMILES string of the molecule is O=C(NC1CCCCC1)N1CCC[C@H]1C(=S)OCCCc1ccccc1Cl. The van der Waals surface area contributed by atoms with Crippen molar-refractivity contribution in [1.82, 2.24) is 10.2 Å². The van der Waals surface area contributed by atoms with E-state index in [1.807, 2.05) is 29.2 Å². The number of amides is 2. The van der Waals surface area contributed by atoms with E-state index in [9.17, 15) is 4.79 Å². The van der Waals surface area contributed by atoms with Crippen molar-refractivity contribution in [3.63, 3.8) is 0 Å². The summed E-state index contributed by atoms with van der Waals surface area (Å²) in [5, 5.41) is 4.54. The van der Waals surface area contributed by atoms with E-state index in [2.05, 4.69) is 5.32 Å². The molecule has 1 saturated heterocycles. The number of halogens is 1. The van der Waals surface area contributed by atoms with E-state index in [0.29, 0.717) is 17.7 Å². The molecular weight excluding hydrogens is 380 g/mol. The van der Waals surface area contributed by atoms with Gasteiger partial charge >= 0.3 is 6.03 Å². The summed E-state index contributed by atoms with van der Waals surface area (Å²) in [5.41, 5.74) is 1.13. The summed E-state index contributed by atoms with van der Waals surface area (Å²) in [6, 6.07) is 8.13. The number of hydrogen-bond acceptors (Lipinski definition) is 3. The van der Waals surface area contributed by atoms with Gasteiger partial charge in [-0.3, -0.25) is 0 Å². The van der Waals surface area contributed by atoms with Crippen LogP contribution in [0.3, 0.4) is 0 Å². The van der Waals surface area contributed by atoms with Crippen molar-refractivity contribution in [1.29, 1.82) is 0 Å². The highest BCUT2D eigenvalue weighted by atomic mass is 35.5. The first-order chi connectivity index (χ1) is 13.1. The van der Waals surface area contributed by atoms with E-state index >= 15 is 0 Å². The van der Waals surface area contributed by atoms with E-state index in [1.165, 1.54) is 19.3 Å². The third-order valence-electron chi connectivity index (χ3n) is 5.51. The number of thiocarbonyl (C=S) groups is 1. The standard InChI is InChI=1S/C21H29ClN2O2S/c22-18-12-5-4-8-16(18)9-7-15-26-20(27)19-13-6-14-24(19)21(25)23-17-10-2-1-3-11-17/h4-5,8,12,17,19H,1-3,6-7,9-11,13-15H2,(H,23,25)/t19-/m0/s1. The lowest BCUT2D eigenvalue weighted by molar-refractivity contribution is 0.187. The van der Waals surface area contributed by atoms with Crippen LogP contribution in [0.15, 0.2) is 24.3 Å². The Labute approximate surface area is 172 Å². The fourth-order valence-corrected chi connectivity index (χ4v) is 4.55. The lowest BCUT2D eigenvalue weighted by Crippen LogP contribution is -2.49. The molecule has 0 unspecified atom stereocenters. The molecule has 1 aromatic carbocycles. The van der Waals surface area contributed by atoms with E-state index in [-0.39, 0.29) is 12.1 Å². The quantitative estimate of drug-likeness (QED) is 0.524. The Bertz CT molecular complexity index is 649. The fraction of sp³-hybridized carbons (Fsp3) is 0.619. The Morgan fingerprint density at radius 3 is 2.74 bits per heavy atom. The molecule has 3 rings (SSSR count). The number of rotatable bonds is 6. The van der Waals surface area contributed by atoms with Crippen LogP contribution in [0, 0.1) is 0 Å². The minimum absolute atomic E-state index is 0.0198. The number of carbonyl (C=O) groups is 1. The summed E-state index contributed by atoms with van der Waals surface area (Å²) in [6.45, 7) is 1.31. The van der Waals surface area contributed by atoms with E-state index in [4.69, 9.17) is 28.6 Å². The van der Waals surface area contributed by atoms with Gasteiger partial charge in [0.1, 0.15) is 6.04 Å². The Kier molecular flexibility index (Phi) is 7.77. The van der Waals surface area contributed by atoms with Gasteiger partial charge in [-0.15, -0.1) is 0 Å². The van der Waals surface area contributed by atoms with Crippen LogP contribution in [0.25, 0.3) is 0 Å². The lowest BCUT2D eigenvalue weighted by atomic mass is 9.96. The second-order valence-corrected chi connectivity index (χ2v) is 8.31. The highest BCUT2D eigenvalue weighted by Gasteiger charge is 2.33. The highest BCUT2D eigenvalue weighted by Crippen LogP contribution is 2.22. The zero-order valence-electron chi connectivity index (χ0n) is 15.8. The second kappa shape index (κ2) is 10.3. The molecule has 4 nitrogen and oxygen atoms in total. The van der Waals surface area contributed by atoms with Gasteiger partial charge in [0.25, 0.3) is 0 Å². The first-order valence-corrected chi connectivity index (χ1v) is 10.9. The van der Waals surface area contributed by atoms with Crippen molar-refractivity contribution in [2.45, 2.75) is 69.9 Å². The monoisotopic (exact) mass is 408 g/mol. The number of hydrogen-bond donors (Lipinski definition) is 1. The predicted octanol–water partition coefficient (Wildman–Crippen LogP) is 5.12. The number of nitrogens with one attached hydrogen (secondary N) is 1. The van der Waals surface area contributed by atoms with Crippen molar-refractivity contribution in [3.05, 3.63) is 34.9 Å². The minimum atomic E-state index is -0.0797. The first kappa shape index (κ1) is 20.4. The number of urea groups is 1. The Morgan fingerprint density at radius 2 is 1.96 bits per heavy atom. The molecule has 148 valence electrons. The van der Waals surface area contributed by atoms with Gasteiger partial charge in [-0.25, -0.2) is 4.79 Å². The van der Waals surface area contributed by atoms with Crippen molar-refractivity contribution < 1.29 is 9.53 Å². The smallest absolute Gasteiger partial charge is 0.318 e. The van der Waals surface area contributed by atoms with Gasteiger partial charge in [0, 0.05) is 17.6 Å². The zero-order chi connectivity index (χ0) is 19.1. The van der Waals surface area contributed by atoms with Crippen LogP contribution in [-0.4, -0.2) is 41.2 Å². The molecule has 0 spiro atoms. The third kappa shape index (κ3) is 5.82. The van der Waals surface area contributed by atoms with Crippen LogP contribution >= 0.6 is 23.8 Å². The molecule has 1 aromatic rings. The molecule has 27 heavy (non-hydrogen) atoms. The van der Waals surface area contributed by atoms with Crippen LogP contribution < -0.4 is 5.32 Å². The molecule has 1 atom stereocenters. The van der Waals surface area contributed by atoms with Crippen molar-refractivity contribution in [2.75, 3.05) is 13.2 Å². The summed E-state index contributed by atoms with van der Waals surface area (Å²) in [6.07, 6.45) is 9.46. The summed E-state index contributed by atoms with van der Waals surface area (Å²) < 4.78 is 5.82. The molecule has 2 fully saturated rings. The summed E-state index contributed by atoms with van der Waals surface area (Å²) in [4.78, 5) is 14.5. The summed E-state index contributed by atoms with van der Waals surface area (Å²) in [7, 11) is 0. The first-order valence-electron chi connectivity index (χ1n) is 10.1. The van der Waals surface area contributed by atoms with Crippen molar-refractivity contribution in [3.8, 4) is 0 Å². The van der Waals surface area contributed by atoms with Gasteiger partial charge in [-0.2, -0.15) is 0 Å². The Balaban J connectivity index is 1.42. The van der Waals surface area contributed by atoms with Gasteiger partial charge in [0.05, 0.1) is 6.61 Å². The van der Waals surface area contributed by atoms with Gasteiger partial charge < -0.3 is 15.0 Å². The van der Waals surface area contributed by atoms with Gasteiger partial charge in [0.15, 0.2) is 5.05 Å². The maximum Gasteiger partial charge on any atom is 0.318 e. The molecule has 1 aliphatic heterocycles. The second-order valence-electron chi connectivity index (χ2n) is 7.50. The third-order valence-corrected chi connectivity index (χ3v) is 6.27. The van der Waals surface area contributed by atoms with Crippen LogP contribution in [0.1, 0.15) is 56.9 Å². The van der Waals surface area contributed by atoms with Crippen LogP contribution in [0.2, 0.25) is 5.02 Å². The number of ether oxygens (including phenoxy) is 1. The maximum absolute atomic E-state index is 12.7. The minimum Gasteiger partial charge on any atom is -0.485 e.